The van der Waals surface area contributed by atoms with E-state index in [1.165, 1.54) is 10.6 Å². The van der Waals surface area contributed by atoms with Gasteiger partial charge < -0.3 is 4.57 Å². The highest BCUT2D eigenvalue weighted by molar-refractivity contribution is 7.92. The average Bonchev–Trinajstić information content (AvgIpc) is 3.14. The molecule has 2 aromatic rings. The Morgan fingerprint density at radius 3 is 2.90 bits per heavy atom. The van der Waals surface area contributed by atoms with Crippen molar-refractivity contribution in [3.63, 3.8) is 0 Å². The van der Waals surface area contributed by atoms with Crippen LogP contribution in [0.25, 0.3) is 0 Å². The molecule has 3 heterocycles. The summed E-state index contributed by atoms with van der Waals surface area (Å²) < 4.78 is 30.2. The fourth-order valence-corrected chi connectivity index (χ4v) is 3.70. The van der Waals surface area contributed by atoms with Crippen LogP contribution in [0.4, 0.5) is 5.95 Å². The third kappa shape index (κ3) is 2.31. The fourth-order valence-electron chi connectivity index (χ4n) is 2.32. The zero-order valence-electron chi connectivity index (χ0n) is 12.0. The number of hydrogen-bond donors (Lipinski definition) is 0. The smallest absolute Gasteiger partial charge is 0.285 e. The lowest BCUT2D eigenvalue weighted by molar-refractivity contribution is 0.524. The van der Waals surface area contributed by atoms with Crippen LogP contribution in [-0.2, 0) is 16.6 Å². The molecule has 2 aromatic heterocycles. The molecule has 21 heavy (non-hydrogen) atoms. The average molecular weight is 310 g/mol. The van der Waals surface area contributed by atoms with Crippen molar-refractivity contribution in [2.45, 2.75) is 44.3 Å². The van der Waals surface area contributed by atoms with Gasteiger partial charge in [0, 0.05) is 25.3 Å². The quantitative estimate of drug-likeness (QED) is 0.842. The molecule has 1 atom stereocenters. The molecule has 8 nitrogen and oxygen atoms in total. The summed E-state index contributed by atoms with van der Waals surface area (Å²) in [7, 11) is -3.69. The van der Waals surface area contributed by atoms with Crippen molar-refractivity contribution in [1.29, 1.82) is 0 Å². The van der Waals surface area contributed by atoms with Gasteiger partial charge in [-0.25, -0.2) is 14.0 Å². The van der Waals surface area contributed by atoms with Gasteiger partial charge in [-0.1, -0.05) is 6.92 Å². The summed E-state index contributed by atoms with van der Waals surface area (Å²) >= 11 is 0. The van der Waals surface area contributed by atoms with Crippen LogP contribution >= 0.6 is 0 Å². The van der Waals surface area contributed by atoms with E-state index in [2.05, 4.69) is 15.1 Å². The molecule has 0 amide bonds. The fraction of sp³-hybridized carbons (Fsp3) is 0.583. The summed E-state index contributed by atoms with van der Waals surface area (Å²) in [5.41, 5.74) is 0. The number of fused-ring (bicyclic) bond motifs is 1. The van der Waals surface area contributed by atoms with E-state index < -0.39 is 10.0 Å². The summed E-state index contributed by atoms with van der Waals surface area (Å²) in [6, 6.07) is 0.214. The number of nitrogens with zero attached hydrogens (tertiary/aromatic N) is 6. The molecule has 9 heteroatoms. The summed E-state index contributed by atoms with van der Waals surface area (Å²) in [4.78, 5) is 8.12. The number of sulfonamides is 1. The second-order valence-electron chi connectivity index (χ2n) is 5.13. The maximum atomic E-state index is 12.7. The largest absolute Gasteiger partial charge is 0.333 e. The third-order valence-electron chi connectivity index (χ3n) is 3.78. The molecule has 1 aliphatic rings. The topological polar surface area (TPSA) is 85.9 Å². The van der Waals surface area contributed by atoms with E-state index in [9.17, 15) is 8.42 Å². The normalized spacial score (nSPS) is 16.8. The molecular formula is C12H18N6O2S. The Morgan fingerprint density at radius 1 is 1.33 bits per heavy atom. The molecular weight excluding hydrogens is 292 g/mol. The Bertz CT molecular complexity index is 735. The van der Waals surface area contributed by atoms with Gasteiger partial charge in [0.1, 0.15) is 6.33 Å². The first-order valence-corrected chi connectivity index (χ1v) is 8.42. The van der Waals surface area contributed by atoms with Gasteiger partial charge in [-0.2, -0.15) is 18.5 Å². The summed E-state index contributed by atoms with van der Waals surface area (Å²) in [6.45, 7) is 5.15. The predicted molar refractivity (Wildman–Crippen MR) is 76.4 cm³/mol. The molecule has 0 N–H and O–H groups in total. The Hall–Kier alpha value is -1.90. The molecule has 0 fully saturated rings. The SMILES string of the molecule is CC[C@@H](C)n1cnc(S(=O)(=O)N2CCCn3ncnc32)c1. The lowest BCUT2D eigenvalue weighted by Crippen LogP contribution is -2.38. The number of imidazole rings is 1. The lowest BCUT2D eigenvalue weighted by atomic mass is 10.3. The number of aryl methyl sites for hydroxylation is 1. The zero-order chi connectivity index (χ0) is 15.0. The van der Waals surface area contributed by atoms with Crippen molar-refractivity contribution >= 4 is 16.0 Å². The first-order valence-electron chi connectivity index (χ1n) is 6.98. The van der Waals surface area contributed by atoms with E-state index in [-0.39, 0.29) is 11.1 Å². The van der Waals surface area contributed by atoms with Crippen molar-refractivity contribution < 1.29 is 8.42 Å². The molecule has 0 unspecified atom stereocenters. The summed E-state index contributed by atoms with van der Waals surface area (Å²) in [5.74, 6) is 0.360. The Kier molecular flexibility index (Phi) is 3.44. The van der Waals surface area contributed by atoms with Crippen molar-refractivity contribution in [2.24, 2.45) is 0 Å². The highest BCUT2D eigenvalue weighted by Crippen LogP contribution is 2.25. The minimum atomic E-state index is -3.69. The monoisotopic (exact) mass is 310 g/mol. The van der Waals surface area contributed by atoms with Crippen LogP contribution in [0.3, 0.4) is 0 Å². The molecule has 114 valence electrons. The van der Waals surface area contributed by atoms with Crippen LogP contribution in [0, 0.1) is 0 Å². The predicted octanol–water partition coefficient (Wildman–Crippen LogP) is 1.04. The second-order valence-corrected chi connectivity index (χ2v) is 6.94. The first-order chi connectivity index (χ1) is 10.0. The van der Waals surface area contributed by atoms with Crippen LogP contribution in [0.15, 0.2) is 23.9 Å². The van der Waals surface area contributed by atoms with Crippen molar-refractivity contribution in [2.75, 3.05) is 10.8 Å². The molecule has 0 aliphatic carbocycles. The van der Waals surface area contributed by atoms with E-state index in [4.69, 9.17) is 0 Å². The van der Waals surface area contributed by atoms with E-state index in [1.807, 2.05) is 18.4 Å². The van der Waals surface area contributed by atoms with Crippen molar-refractivity contribution in [3.8, 4) is 0 Å². The van der Waals surface area contributed by atoms with Gasteiger partial charge in [-0.15, -0.1) is 0 Å². The van der Waals surface area contributed by atoms with Crippen molar-refractivity contribution in [1.82, 2.24) is 24.3 Å². The van der Waals surface area contributed by atoms with Crippen LogP contribution in [-0.4, -0.2) is 39.3 Å². The van der Waals surface area contributed by atoms with Gasteiger partial charge in [-0.05, 0) is 19.8 Å². The highest BCUT2D eigenvalue weighted by Gasteiger charge is 2.32. The number of rotatable bonds is 4. The van der Waals surface area contributed by atoms with Gasteiger partial charge >= 0.3 is 0 Å². The van der Waals surface area contributed by atoms with Gasteiger partial charge in [-0.3, -0.25) is 0 Å². The molecule has 3 rings (SSSR count). The molecule has 0 saturated heterocycles. The standard InChI is InChI=1S/C12H18N6O2S/c1-3-10(2)16-7-11(14-9-16)21(19,20)18-6-4-5-17-12(18)13-8-15-17/h7-10H,3-6H2,1-2H3/t10-/m1/s1. The maximum absolute atomic E-state index is 12.7. The number of aromatic nitrogens is 5. The number of hydrogen-bond acceptors (Lipinski definition) is 5. The molecule has 0 aromatic carbocycles. The minimum Gasteiger partial charge on any atom is -0.333 e. The van der Waals surface area contributed by atoms with Crippen LogP contribution in [0.2, 0.25) is 0 Å². The van der Waals surface area contributed by atoms with Crippen LogP contribution < -0.4 is 4.31 Å². The number of anilines is 1. The van der Waals surface area contributed by atoms with E-state index in [1.54, 1.807) is 17.2 Å². The summed E-state index contributed by atoms with van der Waals surface area (Å²) in [5, 5.41) is 4.09. The highest BCUT2D eigenvalue weighted by atomic mass is 32.2. The molecule has 0 radical (unpaired) electrons. The molecule has 1 aliphatic heterocycles. The Balaban J connectivity index is 1.97. The molecule has 0 saturated carbocycles. The molecule has 0 spiro atoms. The van der Waals surface area contributed by atoms with Crippen molar-refractivity contribution in [3.05, 3.63) is 18.9 Å². The zero-order valence-corrected chi connectivity index (χ0v) is 12.9. The first kappa shape index (κ1) is 14.1. The van der Waals surface area contributed by atoms with Gasteiger partial charge in [0.25, 0.3) is 10.0 Å². The minimum absolute atomic E-state index is 0.0549. The Labute approximate surface area is 123 Å². The van der Waals surface area contributed by atoms with Gasteiger partial charge in [0.15, 0.2) is 5.03 Å². The lowest BCUT2D eigenvalue weighted by Gasteiger charge is -2.26. The van der Waals surface area contributed by atoms with Gasteiger partial charge in [0.2, 0.25) is 5.95 Å². The molecule has 0 bridgehead atoms. The van der Waals surface area contributed by atoms with E-state index >= 15 is 0 Å². The maximum Gasteiger partial charge on any atom is 0.285 e. The van der Waals surface area contributed by atoms with Crippen LogP contribution in [0.5, 0.6) is 0 Å². The third-order valence-corrected chi connectivity index (χ3v) is 5.45. The summed E-state index contributed by atoms with van der Waals surface area (Å²) in [6.07, 6.45) is 6.14. The van der Waals surface area contributed by atoms with E-state index in [0.717, 1.165) is 6.42 Å². The Morgan fingerprint density at radius 2 is 2.14 bits per heavy atom. The second kappa shape index (κ2) is 5.14. The van der Waals surface area contributed by atoms with E-state index in [0.29, 0.717) is 25.5 Å². The van der Waals surface area contributed by atoms with Crippen LogP contribution in [0.1, 0.15) is 32.7 Å². The van der Waals surface area contributed by atoms with Gasteiger partial charge in [0.05, 0.1) is 6.33 Å².